The molecule has 1 amide bonds. The largest absolute Gasteiger partial charge is 0.462 e. The first kappa shape index (κ1) is 18.9. The molecule has 1 atom stereocenters. The summed E-state index contributed by atoms with van der Waals surface area (Å²) < 4.78 is 5.22. The Morgan fingerprint density at radius 1 is 1.35 bits per heavy atom. The van der Waals surface area contributed by atoms with E-state index in [4.69, 9.17) is 4.74 Å². The summed E-state index contributed by atoms with van der Waals surface area (Å²) in [6, 6.07) is 2.66. The number of anilines is 1. The Hall–Kier alpha value is -1.87. The SMILES string of the molecule is CCOC(=O)c1c(NC(C)=O)sc2c1CCC(C#N)(C1CCCCC1)C2. The number of carbonyl (C=O) groups excluding carboxylic acids is 2. The Bertz CT molecular complexity index is 743. The fourth-order valence-corrected chi connectivity index (χ4v) is 5.91. The van der Waals surface area contributed by atoms with E-state index in [1.165, 1.54) is 37.5 Å². The van der Waals surface area contributed by atoms with Crippen LogP contribution in [0.1, 0.15) is 73.2 Å². The standard InChI is InChI=1S/C20H26N2O3S/c1-3-25-19(24)17-15-9-10-20(12-21,14-7-5-4-6-8-14)11-16(15)26-18(17)22-13(2)23/h14H,3-11H2,1-2H3,(H,22,23). The van der Waals surface area contributed by atoms with Gasteiger partial charge in [-0.1, -0.05) is 19.3 Å². The molecule has 0 spiro atoms. The summed E-state index contributed by atoms with van der Waals surface area (Å²) in [7, 11) is 0. The lowest BCUT2D eigenvalue weighted by Crippen LogP contribution is -2.36. The predicted octanol–water partition coefficient (Wildman–Crippen LogP) is 4.46. The third-order valence-corrected chi connectivity index (χ3v) is 6.91. The van der Waals surface area contributed by atoms with Crippen molar-refractivity contribution in [3.63, 3.8) is 0 Å². The van der Waals surface area contributed by atoms with Crippen LogP contribution < -0.4 is 5.32 Å². The summed E-state index contributed by atoms with van der Waals surface area (Å²) in [4.78, 5) is 25.1. The Kier molecular flexibility index (Phi) is 5.67. The van der Waals surface area contributed by atoms with Crippen molar-refractivity contribution in [3.05, 3.63) is 16.0 Å². The Labute approximate surface area is 158 Å². The molecule has 0 saturated heterocycles. The number of carbonyl (C=O) groups is 2. The van der Waals surface area contributed by atoms with Crippen molar-refractivity contribution in [2.75, 3.05) is 11.9 Å². The monoisotopic (exact) mass is 374 g/mol. The molecule has 1 N–H and O–H groups in total. The summed E-state index contributed by atoms with van der Waals surface area (Å²) in [5, 5.41) is 13.4. The fraction of sp³-hybridized carbons (Fsp3) is 0.650. The minimum atomic E-state index is -0.379. The Morgan fingerprint density at radius 2 is 2.08 bits per heavy atom. The van der Waals surface area contributed by atoms with E-state index in [0.717, 1.165) is 29.7 Å². The maximum atomic E-state index is 12.5. The van der Waals surface area contributed by atoms with E-state index < -0.39 is 0 Å². The number of nitrogens with zero attached hydrogens (tertiary/aromatic N) is 1. The number of thiophene rings is 1. The van der Waals surface area contributed by atoms with E-state index in [1.807, 2.05) is 0 Å². The van der Waals surface area contributed by atoms with Crippen molar-refractivity contribution in [1.29, 1.82) is 5.26 Å². The Balaban J connectivity index is 1.96. The van der Waals surface area contributed by atoms with E-state index in [2.05, 4.69) is 11.4 Å². The first-order chi connectivity index (χ1) is 12.5. The van der Waals surface area contributed by atoms with Crippen LogP contribution in [0.25, 0.3) is 0 Å². The summed E-state index contributed by atoms with van der Waals surface area (Å²) in [5.41, 5.74) is 1.13. The third kappa shape index (κ3) is 3.50. The second kappa shape index (κ2) is 7.79. The number of nitrogens with one attached hydrogen (secondary N) is 1. The number of hydrogen-bond acceptors (Lipinski definition) is 5. The van der Waals surface area contributed by atoms with Gasteiger partial charge in [0.05, 0.1) is 23.7 Å². The molecule has 1 heterocycles. The minimum absolute atomic E-state index is 0.201. The topological polar surface area (TPSA) is 79.2 Å². The minimum Gasteiger partial charge on any atom is -0.462 e. The quantitative estimate of drug-likeness (QED) is 0.789. The lowest BCUT2D eigenvalue weighted by Gasteiger charge is -2.40. The maximum Gasteiger partial charge on any atom is 0.341 e. The number of ether oxygens (including phenoxy) is 1. The smallest absolute Gasteiger partial charge is 0.341 e. The molecule has 1 aromatic rings. The highest BCUT2D eigenvalue weighted by Crippen LogP contribution is 2.50. The normalized spacial score (nSPS) is 23.0. The van der Waals surface area contributed by atoms with Gasteiger partial charge in [0.25, 0.3) is 0 Å². The van der Waals surface area contributed by atoms with Gasteiger partial charge in [0.1, 0.15) is 5.00 Å². The van der Waals surface area contributed by atoms with Crippen LogP contribution in [0.4, 0.5) is 5.00 Å². The number of fused-ring (bicyclic) bond motifs is 1. The number of rotatable bonds is 4. The van der Waals surface area contributed by atoms with Gasteiger partial charge >= 0.3 is 5.97 Å². The second-order valence-corrected chi connectivity index (χ2v) is 8.49. The first-order valence-electron chi connectivity index (χ1n) is 9.51. The molecule has 26 heavy (non-hydrogen) atoms. The van der Waals surface area contributed by atoms with Crippen molar-refractivity contribution in [3.8, 4) is 6.07 Å². The lowest BCUT2D eigenvalue weighted by molar-refractivity contribution is -0.114. The number of nitriles is 1. The summed E-state index contributed by atoms with van der Waals surface area (Å²) in [6.45, 7) is 3.51. The number of hydrogen-bond donors (Lipinski definition) is 1. The van der Waals surface area contributed by atoms with Gasteiger partial charge in [-0.25, -0.2) is 4.79 Å². The summed E-state index contributed by atoms with van der Waals surface area (Å²) in [5.74, 6) is -0.143. The summed E-state index contributed by atoms with van der Waals surface area (Å²) in [6.07, 6.45) is 8.08. The zero-order valence-electron chi connectivity index (χ0n) is 15.5. The molecule has 5 nitrogen and oxygen atoms in total. The third-order valence-electron chi connectivity index (χ3n) is 5.77. The van der Waals surface area contributed by atoms with Crippen molar-refractivity contribution in [2.45, 2.75) is 65.2 Å². The van der Waals surface area contributed by atoms with Gasteiger partial charge < -0.3 is 10.1 Å². The highest BCUT2D eigenvalue weighted by molar-refractivity contribution is 7.17. The molecule has 2 aliphatic carbocycles. The Morgan fingerprint density at radius 3 is 2.69 bits per heavy atom. The number of amides is 1. The maximum absolute atomic E-state index is 12.5. The molecule has 140 valence electrons. The highest BCUT2D eigenvalue weighted by Gasteiger charge is 2.44. The van der Waals surface area contributed by atoms with Crippen LogP contribution in [0.3, 0.4) is 0 Å². The molecule has 3 rings (SSSR count). The highest BCUT2D eigenvalue weighted by atomic mass is 32.1. The molecule has 0 radical (unpaired) electrons. The molecule has 2 aliphatic rings. The molecule has 1 unspecified atom stereocenters. The molecule has 1 saturated carbocycles. The van der Waals surface area contributed by atoms with Crippen molar-refractivity contribution in [1.82, 2.24) is 0 Å². The molecule has 1 fully saturated rings. The molecular formula is C20H26N2O3S. The van der Waals surface area contributed by atoms with E-state index in [-0.39, 0.29) is 17.3 Å². The predicted molar refractivity (Wildman–Crippen MR) is 101 cm³/mol. The van der Waals surface area contributed by atoms with E-state index in [1.54, 1.807) is 6.92 Å². The number of esters is 1. The molecule has 6 heteroatoms. The zero-order chi connectivity index (χ0) is 18.7. The van der Waals surface area contributed by atoms with Gasteiger partial charge in [0.15, 0.2) is 0 Å². The van der Waals surface area contributed by atoms with Crippen LogP contribution in [-0.2, 0) is 22.4 Å². The van der Waals surface area contributed by atoms with Crippen molar-refractivity contribution < 1.29 is 14.3 Å². The van der Waals surface area contributed by atoms with Gasteiger partial charge in [-0.05, 0) is 44.1 Å². The van der Waals surface area contributed by atoms with Crippen LogP contribution in [0.15, 0.2) is 0 Å². The van der Waals surface area contributed by atoms with Gasteiger partial charge in [0, 0.05) is 18.2 Å². The van der Waals surface area contributed by atoms with Gasteiger partial charge in [-0.2, -0.15) is 5.26 Å². The van der Waals surface area contributed by atoms with Crippen LogP contribution >= 0.6 is 11.3 Å². The van der Waals surface area contributed by atoms with E-state index in [0.29, 0.717) is 35.9 Å². The van der Waals surface area contributed by atoms with Gasteiger partial charge in [-0.3, -0.25) is 4.79 Å². The van der Waals surface area contributed by atoms with Crippen LogP contribution in [0.5, 0.6) is 0 Å². The van der Waals surface area contributed by atoms with Crippen molar-refractivity contribution >= 4 is 28.2 Å². The summed E-state index contributed by atoms with van der Waals surface area (Å²) >= 11 is 1.44. The second-order valence-electron chi connectivity index (χ2n) is 7.39. The van der Waals surface area contributed by atoms with Crippen LogP contribution in [0, 0.1) is 22.7 Å². The van der Waals surface area contributed by atoms with Gasteiger partial charge in [0.2, 0.25) is 5.91 Å². The van der Waals surface area contributed by atoms with Crippen LogP contribution in [0.2, 0.25) is 0 Å². The average molecular weight is 375 g/mol. The van der Waals surface area contributed by atoms with Gasteiger partial charge in [-0.15, -0.1) is 11.3 Å². The van der Waals surface area contributed by atoms with Crippen molar-refractivity contribution in [2.24, 2.45) is 11.3 Å². The molecule has 1 aromatic heterocycles. The first-order valence-corrected chi connectivity index (χ1v) is 10.3. The lowest BCUT2D eigenvalue weighted by atomic mass is 9.62. The molecular weight excluding hydrogens is 348 g/mol. The molecule has 0 aliphatic heterocycles. The van der Waals surface area contributed by atoms with E-state index >= 15 is 0 Å². The van der Waals surface area contributed by atoms with Crippen LogP contribution in [-0.4, -0.2) is 18.5 Å². The fourth-order valence-electron chi connectivity index (χ4n) is 4.50. The van der Waals surface area contributed by atoms with E-state index in [9.17, 15) is 14.9 Å². The zero-order valence-corrected chi connectivity index (χ0v) is 16.3. The molecule has 0 bridgehead atoms. The molecule has 0 aromatic carbocycles. The average Bonchev–Trinajstić information content (AvgIpc) is 2.98.